The molecule has 1 amide bonds. The van der Waals surface area contributed by atoms with Gasteiger partial charge in [0.05, 0.1) is 0 Å². The first-order chi connectivity index (χ1) is 7.26. The van der Waals surface area contributed by atoms with Gasteiger partial charge < -0.3 is 15.8 Å². The molecule has 0 saturated heterocycles. The second-order valence-corrected chi connectivity index (χ2v) is 2.88. The van der Waals surface area contributed by atoms with E-state index >= 15 is 0 Å². The van der Waals surface area contributed by atoms with Gasteiger partial charge in [0.15, 0.2) is 0 Å². The van der Waals surface area contributed by atoms with Gasteiger partial charge in [-0.05, 0) is 24.3 Å². The Bertz CT molecular complexity index is 311. The Morgan fingerprint density at radius 2 is 1.93 bits per heavy atom. The number of benzene rings is 1. The van der Waals surface area contributed by atoms with Crippen LogP contribution in [0.2, 0.25) is 0 Å². The van der Waals surface area contributed by atoms with Gasteiger partial charge in [-0.3, -0.25) is 5.32 Å². The summed E-state index contributed by atoms with van der Waals surface area (Å²) in [6, 6.07) is 7.29. The molecular formula is C10H15N3O2. The van der Waals surface area contributed by atoms with Crippen molar-refractivity contribution in [2.45, 2.75) is 0 Å². The van der Waals surface area contributed by atoms with Crippen LogP contribution in [0.15, 0.2) is 24.3 Å². The van der Waals surface area contributed by atoms with Gasteiger partial charge in [0.1, 0.15) is 6.61 Å². The molecule has 5 nitrogen and oxygen atoms in total. The lowest BCUT2D eigenvalue weighted by Crippen LogP contribution is -2.18. The minimum Gasteiger partial charge on any atom is -0.448 e. The quantitative estimate of drug-likeness (QED) is 0.697. The van der Waals surface area contributed by atoms with E-state index in [0.717, 1.165) is 5.69 Å². The van der Waals surface area contributed by atoms with Gasteiger partial charge in [0.2, 0.25) is 0 Å². The third-order valence-corrected chi connectivity index (χ3v) is 1.77. The van der Waals surface area contributed by atoms with Gasteiger partial charge in [0.25, 0.3) is 0 Å². The Kier molecular flexibility index (Phi) is 4.43. The molecule has 15 heavy (non-hydrogen) atoms. The normalized spacial score (nSPS) is 9.47. The maximum Gasteiger partial charge on any atom is 0.411 e. The second-order valence-electron chi connectivity index (χ2n) is 2.88. The molecule has 0 aliphatic carbocycles. The molecule has 1 aromatic carbocycles. The molecule has 0 radical (unpaired) electrons. The summed E-state index contributed by atoms with van der Waals surface area (Å²) in [7, 11) is 1.83. The van der Waals surface area contributed by atoms with E-state index in [-0.39, 0.29) is 6.61 Å². The summed E-state index contributed by atoms with van der Waals surface area (Å²) in [5.74, 6) is 0. The zero-order valence-corrected chi connectivity index (χ0v) is 8.62. The zero-order chi connectivity index (χ0) is 11.1. The highest BCUT2D eigenvalue weighted by Gasteiger charge is 2.01. The highest BCUT2D eigenvalue weighted by molar-refractivity contribution is 5.84. The molecule has 0 unspecified atom stereocenters. The average molecular weight is 209 g/mol. The van der Waals surface area contributed by atoms with Crippen molar-refractivity contribution in [2.75, 3.05) is 30.8 Å². The predicted molar refractivity (Wildman–Crippen MR) is 60.0 cm³/mol. The molecule has 0 bridgehead atoms. The van der Waals surface area contributed by atoms with Crippen LogP contribution in [0.3, 0.4) is 0 Å². The number of nitrogens with two attached hydrogens (primary N) is 1. The van der Waals surface area contributed by atoms with Gasteiger partial charge in [-0.2, -0.15) is 0 Å². The van der Waals surface area contributed by atoms with E-state index in [1.54, 1.807) is 12.1 Å². The third-order valence-electron chi connectivity index (χ3n) is 1.77. The number of carbonyl (C=O) groups excluding carboxylic acids is 1. The maximum absolute atomic E-state index is 11.1. The van der Waals surface area contributed by atoms with Crippen LogP contribution in [0.4, 0.5) is 16.2 Å². The molecule has 0 atom stereocenters. The zero-order valence-electron chi connectivity index (χ0n) is 8.62. The van der Waals surface area contributed by atoms with Gasteiger partial charge in [0, 0.05) is 25.0 Å². The molecule has 5 heteroatoms. The lowest BCUT2D eigenvalue weighted by atomic mass is 10.3. The number of rotatable bonds is 4. The number of amides is 1. The molecule has 0 aromatic heterocycles. The molecule has 0 saturated carbocycles. The van der Waals surface area contributed by atoms with Crippen molar-refractivity contribution in [3.63, 3.8) is 0 Å². The monoisotopic (exact) mass is 209 g/mol. The minimum atomic E-state index is -0.488. The minimum absolute atomic E-state index is 0.223. The number of nitrogens with one attached hydrogen (secondary N) is 2. The summed E-state index contributed by atoms with van der Waals surface area (Å²) < 4.78 is 4.76. The van der Waals surface area contributed by atoms with Gasteiger partial charge in [-0.15, -0.1) is 0 Å². The van der Waals surface area contributed by atoms with Crippen LogP contribution in [0.5, 0.6) is 0 Å². The average Bonchev–Trinajstić information content (AvgIpc) is 2.27. The van der Waals surface area contributed by atoms with Crippen LogP contribution in [0.1, 0.15) is 0 Å². The largest absolute Gasteiger partial charge is 0.448 e. The van der Waals surface area contributed by atoms with Crippen molar-refractivity contribution in [1.29, 1.82) is 0 Å². The fourth-order valence-corrected chi connectivity index (χ4v) is 1.03. The number of hydrogen-bond donors (Lipinski definition) is 3. The molecule has 0 fully saturated rings. The van der Waals surface area contributed by atoms with Crippen LogP contribution in [-0.4, -0.2) is 26.3 Å². The van der Waals surface area contributed by atoms with Gasteiger partial charge in [-0.1, -0.05) is 0 Å². The number of carbonyl (C=O) groups is 1. The summed E-state index contributed by atoms with van der Waals surface area (Å²) in [5, 5.41) is 5.56. The molecule has 82 valence electrons. The van der Waals surface area contributed by atoms with Crippen LogP contribution in [-0.2, 0) is 4.74 Å². The van der Waals surface area contributed by atoms with E-state index in [1.165, 1.54) is 0 Å². The SMILES string of the molecule is CNc1ccc(NC(=O)OCCN)cc1. The van der Waals surface area contributed by atoms with E-state index in [0.29, 0.717) is 12.2 Å². The van der Waals surface area contributed by atoms with Crippen molar-refractivity contribution in [3.8, 4) is 0 Å². The number of ether oxygens (including phenoxy) is 1. The van der Waals surface area contributed by atoms with Crippen molar-refractivity contribution in [2.24, 2.45) is 5.73 Å². The predicted octanol–water partition coefficient (Wildman–Crippen LogP) is 1.24. The molecule has 0 spiro atoms. The molecule has 0 aliphatic heterocycles. The Morgan fingerprint density at radius 3 is 2.47 bits per heavy atom. The fourth-order valence-electron chi connectivity index (χ4n) is 1.03. The molecule has 0 aliphatic rings. The fraction of sp³-hybridized carbons (Fsp3) is 0.300. The van der Waals surface area contributed by atoms with Gasteiger partial charge in [-0.25, -0.2) is 4.79 Å². The summed E-state index contributed by atoms with van der Waals surface area (Å²) in [6.07, 6.45) is -0.488. The van der Waals surface area contributed by atoms with Crippen LogP contribution in [0, 0.1) is 0 Å². The maximum atomic E-state index is 11.1. The summed E-state index contributed by atoms with van der Waals surface area (Å²) >= 11 is 0. The third kappa shape index (κ3) is 3.86. The number of hydrogen-bond acceptors (Lipinski definition) is 4. The van der Waals surface area contributed by atoms with E-state index in [2.05, 4.69) is 10.6 Å². The first-order valence-electron chi connectivity index (χ1n) is 4.68. The van der Waals surface area contributed by atoms with Crippen molar-refractivity contribution < 1.29 is 9.53 Å². The van der Waals surface area contributed by atoms with E-state index in [1.807, 2.05) is 19.2 Å². The lowest BCUT2D eigenvalue weighted by Gasteiger charge is -2.06. The lowest BCUT2D eigenvalue weighted by molar-refractivity contribution is 0.165. The molecule has 1 rings (SSSR count). The Morgan fingerprint density at radius 1 is 1.33 bits per heavy atom. The summed E-state index contributed by atoms with van der Waals surface area (Å²) in [4.78, 5) is 11.1. The van der Waals surface area contributed by atoms with Crippen LogP contribution < -0.4 is 16.4 Å². The van der Waals surface area contributed by atoms with E-state index < -0.39 is 6.09 Å². The first-order valence-corrected chi connectivity index (χ1v) is 4.68. The number of anilines is 2. The second kappa shape index (κ2) is 5.87. The van der Waals surface area contributed by atoms with Gasteiger partial charge >= 0.3 is 6.09 Å². The van der Waals surface area contributed by atoms with E-state index in [9.17, 15) is 4.79 Å². The van der Waals surface area contributed by atoms with Crippen molar-refractivity contribution >= 4 is 17.5 Å². The molecular weight excluding hydrogens is 194 g/mol. The molecule has 0 heterocycles. The molecule has 4 N–H and O–H groups in total. The van der Waals surface area contributed by atoms with E-state index in [4.69, 9.17) is 10.5 Å². The molecule has 1 aromatic rings. The Labute approximate surface area is 88.6 Å². The summed E-state index contributed by atoms with van der Waals surface area (Å²) in [5.41, 5.74) is 6.87. The smallest absolute Gasteiger partial charge is 0.411 e. The topological polar surface area (TPSA) is 76.4 Å². The standard InChI is InChI=1S/C10H15N3O2/c1-12-8-2-4-9(5-3-8)13-10(14)15-7-6-11/h2-5,12H,6-7,11H2,1H3,(H,13,14). The van der Waals surface area contributed by atoms with Crippen LogP contribution >= 0.6 is 0 Å². The van der Waals surface area contributed by atoms with Crippen molar-refractivity contribution in [3.05, 3.63) is 24.3 Å². The Balaban J connectivity index is 2.46. The van der Waals surface area contributed by atoms with Crippen LogP contribution in [0.25, 0.3) is 0 Å². The first kappa shape index (κ1) is 11.3. The Hall–Kier alpha value is -1.75. The highest BCUT2D eigenvalue weighted by atomic mass is 16.5. The highest BCUT2D eigenvalue weighted by Crippen LogP contribution is 2.12. The summed E-state index contributed by atoms with van der Waals surface area (Å²) in [6.45, 7) is 0.548. The van der Waals surface area contributed by atoms with Crippen molar-refractivity contribution in [1.82, 2.24) is 0 Å².